The van der Waals surface area contributed by atoms with Crippen LogP contribution in [-0.4, -0.2) is 57.3 Å². The Labute approximate surface area is 187 Å². The Balaban J connectivity index is 1.49. The number of halogens is 3. The second kappa shape index (κ2) is 7.21. The van der Waals surface area contributed by atoms with Crippen molar-refractivity contribution in [3.05, 3.63) is 46.4 Å². The molecule has 2 fully saturated rings. The van der Waals surface area contributed by atoms with E-state index < -0.39 is 18.3 Å². The molecule has 0 radical (unpaired) electrons. The lowest BCUT2D eigenvalue weighted by molar-refractivity contribution is -0.154. The van der Waals surface area contributed by atoms with Gasteiger partial charge in [0.1, 0.15) is 11.9 Å². The van der Waals surface area contributed by atoms with Crippen LogP contribution in [-0.2, 0) is 11.3 Å². The van der Waals surface area contributed by atoms with Crippen molar-refractivity contribution in [2.45, 2.75) is 56.7 Å². The number of fused-ring (bicyclic) bond motifs is 4. The van der Waals surface area contributed by atoms with Gasteiger partial charge in [0.25, 0.3) is 5.56 Å². The van der Waals surface area contributed by atoms with Crippen LogP contribution in [0, 0.1) is 0 Å². The predicted molar refractivity (Wildman–Crippen MR) is 115 cm³/mol. The number of H-pyrrole nitrogens is 1. The summed E-state index contributed by atoms with van der Waals surface area (Å²) in [5.41, 5.74) is 0.886. The first-order chi connectivity index (χ1) is 15.8. The third-order valence-electron chi connectivity index (χ3n) is 7.05. The van der Waals surface area contributed by atoms with Gasteiger partial charge in [-0.2, -0.15) is 23.3 Å². The van der Waals surface area contributed by atoms with Gasteiger partial charge in [0.2, 0.25) is 5.95 Å². The third kappa shape index (κ3) is 3.20. The Kier molecular flexibility index (Phi) is 4.48. The molecule has 3 aliphatic rings. The Morgan fingerprint density at radius 2 is 2.09 bits per heavy atom. The summed E-state index contributed by atoms with van der Waals surface area (Å²) in [6.07, 6.45) is -3.80. The lowest BCUT2D eigenvalue weighted by Crippen LogP contribution is -2.53. The van der Waals surface area contributed by atoms with Gasteiger partial charge in [0.15, 0.2) is 0 Å². The van der Waals surface area contributed by atoms with Crippen molar-refractivity contribution >= 4 is 22.7 Å². The van der Waals surface area contributed by atoms with Crippen molar-refractivity contribution in [3.63, 3.8) is 0 Å². The number of aromatic amines is 1. The largest absolute Gasteiger partial charge is 0.408 e. The summed E-state index contributed by atoms with van der Waals surface area (Å²) in [6.45, 7) is 2.77. The molecule has 5 heterocycles. The molecule has 0 spiro atoms. The van der Waals surface area contributed by atoms with Crippen molar-refractivity contribution in [1.29, 1.82) is 0 Å². The molecule has 2 saturated heterocycles. The van der Waals surface area contributed by atoms with E-state index in [1.165, 1.54) is 15.5 Å². The average molecular weight is 460 g/mol. The van der Waals surface area contributed by atoms with E-state index in [1.54, 1.807) is 6.92 Å². The Bertz CT molecular complexity index is 1270. The summed E-state index contributed by atoms with van der Waals surface area (Å²) in [4.78, 5) is 20.9. The van der Waals surface area contributed by atoms with Crippen LogP contribution >= 0.6 is 0 Å². The monoisotopic (exact) mass is 460 g/mol. The van der Waals surface area contributed by atoms with Gasteiger partial charge >= 0.3 is 6.18 Å². The fourth-order valence-electron chi connectivity index (χ4n) is 5.45. The molecule has 6 rings (SSSR count). The average Bonchev–Trinajstić information content (AvgIpc) is 3.52. The SMILES string of the molecule is CC(c1n[nH]c2ccccc12)N1c2nc(N3C[C@@H]4C[C@H]3CO4)cc(=O)n2CC[C@H]1C(F)(F)F. The zero-order chi connectivity index (χ0) is 22.9. The van der Waals surface area contributed by atoms with Gasteiger partial charge in [0, 0.05) is 24.5 Å². The number of nitrogens with zero attached hydrogens (tertiary/aromatic N) is 5. The zero-order valence-electron chi connectivity index (χ0n) is 17.9. The molecule has 0 saturated carbocycles. The molecule has 2 bridgehead atoms. The van der Waals surface area contributed by atoms with Gasteiger partial charge in [-0.1, -0.05) is 18.2 Å². The molecular formula is C22H23F3N6O2. The smallest absolute Gasteiger partial charge is 0.374 e. The van der Waals surface area contributed by atoms with Crippen molar-refractivity contribution in [2.75, 3.05) is 23.0 Å². The molecule has 1 N–H and O–H groups in total. The van der Waals surface area contributed by atoms with Crippen molar-refractivity contribution < 1.29 is 17.9 Å². The number of alkyl halides is 3. The zero-order valence-corrected chi connectivity index (χ0v) is 17.9. The normalized spacial score (nSPS) is 25.6. The molecule has 11 heteroatoms. The van der Waals surface area contributed by atoms with Crippen LogP contribution < -0.4 is 15.4 Å². The van der Waals surface area contributed by atoms with Crippen LogP contribution in [0.1, 0.15) is 31.5 Å². The molecule has 1 aromatic carbocycles. The molecule has 0 amide bonds. The number of ether oxygens (including phenoxy) is 1. The summed E-state index contributed by atoms with van der Waals surface area (Å²) >= 11 is 0. The maximum atomic E-state index is 14.2. The van der Waals surface area contributed by atoms with E-state index in [9.17, 15) is 18.0 Å². The van der Waals surface area contributed by atoms with Crippen LogP contribution in [0.4, 0.5) is 24.9 Å². The standard InChI is InChI=1S/C22H23F3N6O2/c1-12(20-15-4-2-3-5-16(15)27-28-20)31-17(22(23,24)25)6-7-29-19(32)9-18(26-21(29)31)30-10-14-8-13(30)11-33-14/h2-5,9,12-14,17H,6-8,10-11H2,1H3,(H,27,28)/t12?,13-,14-,17-/m0/s1. The Morgan fingerprint density at radius 3 is 2.82 bits per heavy atom. The fourth-order valence-corrected chi connectivity index (χ4v) is 5.45. The molecule has 4 atom stereocenters. The van der Waals surface area contributed by atoms with Crippen molar-refractivity contribution in [1.82, 2.24) is 19.7 Å². The molecule has 1 unspecified atom stereocenters. The van der Waals surface area contributed by atoms with E-state index in [2.05, 4.69) is 15.2 Å². The van der Waals surface area contributed by atoms with Crippen molar-refractivity contribution in [3.8, 4) is 0 Å². The maximum Gasteiger partial charge on any atom is 0.408 e. The Morgan fingerprint density at radius 1 is 1.27 bits per heavy atom. The summed E-state index contributed by atoms with van der Waals surface area (Å²) in [6, 6.07) is 6.31. The van der Waals surface area contributed by atoms with Crippen LogP contribution in [0.15, 0.2) is 35.1 Å². The minimum absolute atomic E-state index is 0.0364. The maximum absolute atomic E-state index is 14.2. The summed E-state index contributed by atoms with van der Waals surface area (Å²) in [7, 11) is 0. The molecule has 3 aliphatic heterocycles. The quantitative estimate of drug-likeness (QED) is 0.648. The van der Waals surface area contributed by atoms with E-state index in [-0.39, 0.29) is 36.6 Å². The van der Waals surface area contributed by atoms with Gasteiger partial charge < -0.3 is 14.5 Å². The first kappa shape index (κ1) is 20.5. The number of rotatable bonds is 3. The van der Waals surface area contributed by atoms with Gasteiger partial charge in [-0.3, -0.25) is 14.5 Å². The van der Waals surface area contributed by atoms with Gasteiger partial charge in [0.05, 0.1) is 36.0 Å². The van der Waals surface area contributed by atoms with E-state index in [0.717, 1.165) is 17.3 Å². The fraction of sp³-hybridized carbons (Fsp3) is 0.500. The van der Waals surface area contributed by atoms with E-state index >= 15 is 0 Å². The summed E-state index contributed by atoms with van der Waals surface area (Å²) in [5.74, 6) is 0.448. The minimum Gasteiger partial charge on any atom is -0.374 e. The second-order valence-corrected chi connectivity index (χ2v) is 8.99. The number of para-hydroxylation sites is 1. The number of anilines is 2. The number of hydrogen-bond donors (Lipinski definition) is 1. The third-order valence-corrected chi connectivity index (χ3v) is 7.05. The first-order valence-corrected chi connectivity index (χ1v) is 11.1. The highest BCUT2D eigenvalue weighted by Crippen LogP contribution is 2.41. The van der Waals surface area contributed by atoms with E-state index in [0.29, 0.717) is 24.7 Å². The van der Waals surface area contributed by atoms with E-state index in [1.807, 2.05) is 29.2 Å². The van der Waals surface area contributed by atoms with E-state index in [4.69, 9.17) is 4.74 Å². The highest BCUT2D eigenvalue weighted by Gasteiger charge is 2.49. The highest BCUT2D eigenvalue weighted by atomic mass is 19.4. The molecule has 2 aromatic heterocycles. The Hall–Kier alpha value is -3.08. The highest BCUT2D eigenvalue weighted by molar-refractivity contribution is 5.82. The number of morpholine rings is 1. The van der Waals surface area contributed by atoms with Crippen LogP contribution in [0.3, 0.4) is 0 Å². The molecule has 0 aliphatic carbocycles. The summed E-state index contributed by atoms with van der Waals surface area (Å²) < 4.78 is 49.6. The number of nitrogens with one attached hydrogen (secondary N) is 1. The molecule has 3 aromatic rings. The number of aromatic nitrogens is 4. The van der Waals surface area contributed by atoms with Gasteiger partial charge in [-0.05, 0) is 25.8 Å². The molecule has 174 valence electrons. The van der Waals surface area contributed by atoms with Crippen LogP contribution in [0.5, 0.6) is 0 Å². The first-order valence-electron chi connectivity index (χ1n) is 11.1. The summed E-state index contributed by atoms with van der Waals surface area (Å²) in [5, 5.41) is 7.99. The molecule has 8 nitrogen and oxygen atoms in total. The number of hydrogen-bond acceptors (Lipinski definition) is 6. The lowest BCUT2D eigenvalue weighted by Gasteiger charge is -2.42. The topological polar surface area (TPSA) is 79.3 Å². The molecule has 33 heavy (non-hydrogen) atoms. The lowest BCUT2D eigenvalue weighted by atomic mass is 10.0. The van der Waals surface area contributed by atoms with Gasteiger partial charge in [-0.15, -0.1) is 0 Å². The van der Waals surface area contributed by atoms with Gasteiger partial charge in [-0.25, -0.2) is 0 Å². The minimum atomic E-state index is -4.49. The molecular weight excluding hydrogens is 437 g/mol. The van der Waals surface area contributed by atoms with Crippen molar-refractivity contribution in [2.24, 2.45) is 0 Å². The van der Waals surface area contributed by atoms with Crippen LogP contribution in [0.25, 0.3) is 10.9 Å². The van der Waals surface area contributed by atoms with Crippen LogP contribution in [0.2, 0.25) is 0 Å². The number of benzene rings is 1. The predicted octanol–water partition coefficient (Wildman–Crippen LogP) is 3.00. The second-order valence-electron chi connectivity index (χ2n) is 8.99.